The molecule has 0 amide bonds. The smallest absolute Gasteiger partial charge is 1.00 e. The van der Waals surface area contributed by atoms with E-state index in [2.05, 4.69) is 0 Å². The van der Waals surface area contributed by atoms with Crippen LogP contribution in [0.2, 0.25) is 0 Å². The van der Waals surface area contributed by atoms with Crippen LogP contribution in [0.15, 0.2) is 0 Å². The van der Waals surface area contributed by atoms with Gasteiger partial charge in [-0.25, -0.2) is 0 Å². The Labute approximate surface area is 99.2 Å². The van der Waals surface area contributed by atoms with Crippen molar-refractivity contribution in [3.05, 3.63) is 0 Å². The third-order valence-corrected chi connectivity index (χ3v) is 0.873. The second-order valence-electron chi connectivity index (χ2n) is 0.954. The summed E-state index contributed by atoms with van der Waals surface area (Å²) in [6.45, 7) is 1.63. The third kappa shape index (κ3) is 7.77. The largest absolute Gasteiger partial charge is 2.00 e. The Balaban J connectivity index is -0.0000000417. The Morgan fingerprint density at radius 1 is 2.00 bits per heavy atom. The van der Waals surface area contributed by atoms with Gasteiger partial charge in [0.05, 0.1) is 0 Å². The van der Waals surface area contributed by atoms with Gasteiger partial charge in [0, 0.05) is 0 Å². The van der Waals surface area contributed by atoms with Gasteiger partial charge in [0.25, 0.3) is 0 Å². The van der Waals surface area contributed by atoms with E-state index in [-0.39, 0.29) is 55.7 Å². The van der Waals surface area contributed by atoms with Crippen molar-refractivity contribution in [2.24, 2.45) is 0 Å². The molecule has 0 rings (SSSR count). The Kier molecular flexibility index (Phi) is 9.74. The molecule has 4 heteroatoms. The summed E-state index contributed by atoms with van der Waals surface area (Å²) < 4.78 is -0.261. The number of carbonyl (C=O) groups is 1. The minimum absolute atomic E-state index is 0. The van der Waals surface area contributed by atoms with E-state index < -0.39 is 5.97 Å². The molecule has 1 N–H and O–H groups in total. The Hall–Kier alpha value is 1.77. The topological polar surface area (TPSA) is 37.3 Å². The Morgan fingerprint density at radius 3 is 2.14 bits per heavy atom. The van der Waals surface area contributed by atoms with Crippen LogP contribution in [0.25, 0.3) is 0 Å². The maximum atomic E-state index is 9.69. The predicted octanol–water partition coefficient (Wildman–Crippen LogP) is 0.739. The van der Waals surface area contributed by atoms with Gasteiger partial charge in [-0.2, -0.15) is 0 Å². The Bertz CT molecular complexity index is 70.8. The van der Waals surface area contributed by atoms with Gasteiger partial charge in [0.2, 0.25) is 0 Å². The summed E-state index contributed by atoms with van der Waals surface area (Å²) in [5, 5.41) is 7.98. The van der Waals surface area contributed by atoms with Gasteiger partial charge < -0.3 is 7.96 Å². The molecule has 0 aromatic rings. The number of halogens is 1. The van der Waals surface area contributed by atoms with Gasteiger partial charge in [-0.3, -0.25) is 4.79 Å². The van der Waals surface area contributed by atoms with Crippen LogP contribution in [0.1, 0.15) is 9.78 Å². The van der Waals surface area contributed by atoms with E-state index in [0.717, 1.165) is 0 Å². The maximum absolute atomic E-state index is 9.69. The van der Waals surface area contributed by atoms with E-state index in [1.165, 1.54) is 0 Å². The van der Waals surface area contributed by atoms with Crippen LogP contribution in [-0.2, 0) is 4.79 Å². The zero-order valence-corrected chi connectivity index (χ0v) is 10.6. The second kappa shape index (κ2) is 5.90. The molecule has 7 heavy (non-hydrogen) atoms. The zero-order valence-electron chi connectivity index (χ0n) is 6.02. The zero-order chi connectivity index (χ0) is 5.15. The minimum atomic E-state index is -0.754. The van der Waals surface area contributed by atoms with Gasteiger partial charge in [0.15, 0.2) is 0 Å². The van der Waals surface area contributed by atoms with E-state index >= 15 is 0 Å². The molecule has 0 aliphatic heterocycles. The summed E-state index contributed by atoms with van der Waals surface area (Å²) in [5.74, 6) is -0.754. The molecule has 0 aromatic heterocycles. The maximum Gasteiger partial charge on any atom is 2.00 e. The molecule has 0 aliphatic carbocycles. The summed E-state index contributed by atoms with van der Waals surface area (Å²) in [7, 11) is 0. The van der Waals surface area contributed by atoms with Crippen LogP contribution < -0.4 is 0 Å². The SMILES string of the molecule is CC(I)C(=O)O.[Ba+2].[H-].[H-]. The molecular weight excluding hydrogens is 332 g/mol. The van der Waals surface area contributed by atoms with Crippen molar-refractivity contribution in [2.45, 2.75) is 10.8 Å². The first-order valence-electron chi connectivity index (χ1n) is 1.51. The first-order valence-corrected chi connectivity index (χ1v) is 2.76. The van der Waals surface area contributed by atoms with E-state index in [1.54, 1.807) is 6.92 Å². The summed E-state index contributed by atoms with van der Waals surface area (Å²) in [6.07, 6.45) is 0. The van der Waals surface area contributed by atoms with Gasteiger partial charge in [0.1, 0.15) is 3.92 Å². The quantitative estimate of drug-likeness (QED) is 0.435. The molecule has 0 saturated heterocycles. The van der Waals surface area contributed by atoms with E-state index in [0.29, 0.717) is 0 Å². The van der Waals surface area contributed by atoms with Crippen molar-refractivity contribution >= 4 is 77.4 Å². The molecule has 0 radical (unpaired) electrons. The van der Waals surface area contributed by atoms with Gasteiger partial charge in [-0.05, 0) is 6.92 Å². The first kappa shape index (κ1) is 11.6. The molecule has 0 heterocycles. The molecule has 0 aromatic carbocycles. The number of rotatable bonds is 1. The fourth-order valence-corrected chi connectivity index (χ4v) is 0. The van der Waals surface area contributed by atoms with Crippen LogP contribution in [0.4, 0.5) is 0 Å². The number of carboxylic acids is 1. The molecule has 1 atom stereocenters. The normalized spacial score (nSPS) is 11.7. The van der Waals surface area contributed by atoms with Crippen molar-refractivity contribution in [3.63, 3.8) is 0 Å². The average Bonchev–Trinajstić information content (AvgIpc) is 1.36. The molecule has 40 valence electrons. The summed E-state index contributed by atoms with van der Waals surface area (Å²) in [4.78, 5) is 9.69. The van der Waals surface area contributed by atoms with Crippen molar-refractivity contribution in [3.8, 4) is 0 Å². The molecular formula is C3H7BaIO2. The summed E-state index contributed by atoms with van der Waals surface area (Å²) in [5.41, 5.74) is 0. The van der Waals surface area contributed by atoms with Crippen LogP contribution >= 0.6 is 22.6 Å². The molecule has 0 spiro atoms. The van der Waals surface area contributed by atoms with E-state index in [1.807, 2.05) is 22.6 Å². The molecule has 0 bridgehead atoms. The third-order valence-electron chi connectivity index (χ3n) is 0.340. The molecule has 0 saturated carbocycles. The molecule has 1 unspecified atom stereocenters. The number of carboxylic acid groups (broad SMARTS) is 1. The fraction of sp³-hybridized carbons (Fsp3) is 0.667. The molecule has 0 fully saturated rings. The number of hydrogen-bond acceptors (Lipinski definition) is 1. The number of hydrogen-bond donors (Lipinski definition) is 1. The summed E-state index contributed by atoms with van der Waals surface area (Å²) in [6, 6.07) is 0. The van der Waals surface area contributed by atoms with Crippen molar-refractivity contribution in [1.29, 1.82) is 0 Å². The van der Waals surface area contributed by atoms with Crippen LogP contribution in [0.5, 0.6) is 0 Å². The van der Waals surface area contributed by atoms with Crippen LogP contribution in [0, 0.1) is 0 Å². The fourth-order valence-electron chi connectivity index (χ4n) is 0. The van der Waals surface area contributed by atoms with E-state index in [9.17, 15) is 4.79 Å². The minimum Gasteiger partial charge on any atom is -1.00 e. The monoisotopic (exact) mass is 340 g/mol. The van der Waals surface area contributed by atoms with Crippen LogP contribution in [-0.4, -0.2) is 63.9 Å². The second-order valence-corrected chi connectivity index (χ2v) is 2.82. The van der Waals surface area contributed by atoms with Crippen molar-refractivity contribution in [1.82, 2.24) is 0 Å². The number of alkyl halides is 1. The van der Waals surface area contributed by atoms with Gasteiger partial charge >= 0.3 is 54.9 Å². The molecule has 2 nitrogen and oxygen atoms in total. The first-order chi connectivity index (χ1) is 2.64. The average molecular weight is 339 g/mol. The summed E-state index contributed by atoms with van der Waals surface area (Å²) >= 11 is 1.83. The van der Waals surface area contributed by atoms with Gasteiger partial charge in [-0.15, -0.1) is 0 Å². The van der Waals surface area contributed by atoms with Gasteiger partial charge in [-0.1, -0.05) is 22.6 Å². The molecule has 0 aliphatic rings. The predicted molar refractivity (Wildman–Crippen MR) is 39.1 cm³/mol. The van der Waals surface area contributed by atoms with Crippen molar-refractivity contribution < 1.29 is 12.8 Å². The number of aliphatic carboxylic acids is 1. The Morgan fingerprint density at radius 2 is 2.14 bits per heavy atom. The standard InChI is InChI=1S/C3H5IO2.Ba.2H/c1-2(4)3(5)6;;;/h2H,1H3,(H,5,6);;;/q;+2;2*-1. The van der Waals surface area contributed by atoms with Crippen molar-refractivity contribution in [2.75, 3.05) is 0 Å². The van der Waals surface area contributed by atoms with E-state index in [4.69, 9.17) is 5.11 Å². The van der Waals surface area contributed by atoms with Crippen LogP contribution in [0.3, 0.4) is 0 Å².